The molecule has 0 heterocycles. The summed E-state index contributed by atoms with van der Waals surface area (Å²) in [7, 11) is 0. The van der Waals surface area contributed by atoms with Gasteiger partial charge in [-0.15, -0.1) is 0 Å². The minimum atomic E-state index is -0.214. The van der Waals surface area contributed by atoms with Crippen LogP contribution in [0.1, 0.15) is 119 Å². The van der Waals surface area contributed by atoms with E-state index in [9.17, 15) is 4.79 Å². The van der Waals surface area contributed by atoms with Crippen molar-refractivity contribution in [1.29, 1.82) is 0 Å². The van der Waals surface area contributed by atoms with E-state index in [1.807, 2.05) is 6.92 Å². The molecule has 0 amide bonds. The maximum Gasteiger partial charge on any atom is 0.332 e. The third-order valence-corrected chi connectivity index (χ3v) is 8.65. The molecule has 0 radical (unpaired) electrons. The molecule has 0 spiro atoms. The van der Waals surface area contributed by atoms with E-state index in [1.54, 1.807) is 5.57 Å². The Kier molecular flexibility index (Phi) is 11.2. The highest BCUT2D eigenvalue weighted by atomic mass is 16.6. The van der Waals surface area contributed by atoms with Gasteiger partial charge in [-0.2, -0.15) is 0 Å². The van der Waals surface area contributed by atoms with E-state index in [0.29, 0.717) is 17.3 Å². The lowest BCUT2D eigenvalue weighted by molar-refractivity contribution is -0.158. The van der Waals surface area contributed by atoms with Gasteiger partial charge in [0.1, 0.15) is 12.7 Å². The van der Waals surface area contributed by atoms with Crippen molar-refractivity contribution < 1.29 is 14.3 Å². The lowest BCUT2D eigenvalue weighted by atomic mass is 9.64. The SMILES string of the molecule is CCC(C)(C)CC(C1=CCC=CC(OCC(=O)OC(C)C2CCCCC2)CC1)C(C)(C)CC. The molecule has 3 unspecified atom stereocenters. The minimum absolute atomic E-state index is 0.00256. The van der Waals surface area contributed by atoms with Gasteiger partial charge in [0.05, 0.1) is 6.10 Å². The predicted molar refractivity (Wildman–Crippen MR) is 139 cm³/mol. The molecule has 0 aromatic heterocycles. The number of hydrogen-bond donors (Lipinski definition) is 0. The fourth-order valence-corrected chi connectivity index (χ4v) is 5.38. The molecule has 3 nitrogen and oxygen atoms in total. The summed E-state index contributed by atoms with van der Waals surface area (Å²) in [5, 5.41) is 0. The molecular formula is C30H52O3. The van der Waals surface area contributed by atoms with E-state index < -0.39 is 0 Å². The van der Waals surface area contributed by atoms with Gasteiger partial charge in [-0.05, 0) is 68.1 Å². The van der Waals surface area contributed by atoms with Gasteiger partial charge in [0, 0.05) is 0 Å². The van der Waals surface area contributed by atoms with Crippen molar-refractivity contribution >= 4 is 5.97 Å². The van der Waals surface area contributed by atoms with Crippen LogP contribution in [0.15, 0.2) is 23.8 Å². The molecule has 2 rings (SSSR count). The topological polar surface area (TPSA) is 35.5 Å². The molecule has 2 aliphatic rings. The lowest BCUT2D eigenvalue weighted by Gasteiger charge is -2.41. The number of hydrogen-bond acceptors (Lipinski definition) is 3. The van der Waals surface area contributed by atoms with Crippen LogP contribution in [0, 0.1) is 22.7 Å². The van der Waals surface area contributed by atoms with Gasteiger partial charge in [0.25, 0.3) is 0 Å². The molecule has 0 aliphatic heterocycles. The number of ether oxygens (including phenoxy) is 2. The largest absolute Gasteiger partial charge is 0.461 e. The number of allylic oxidation sites excluding steroid dienone is 3. The summed E-state index contributed by atoms with van der Waals surface area (Å²) in [4.78, 5) is 12.4. The molecule has 0 saturated heterocycles. The molecule has 190 valence electrons. The summed E-state index contributed by atoms with van der Waals surface area (Å²) in [5.74, 6) is 0.878. The van der Waals surface area contributed by atoms with E-state index in [0.717, 1.165) is 19.3 Å². The molecule has 3 heteroatoms. The highest BCUT2D eigenvalue weighted by molar-refractivity contribution is 5.70. The fraction of sp³-hybridized carbons (Fsp3) is 0.833. The van der Waals surface area contributed by atoms with Crippen LogP contribution >= 0.6 is 0 Å². The quantitative estimate of drug-likeness (QED) is 0.229. The normalized spacial score (nSPS) is 22.8. The van der Waals surface area contributed by atoms with Crippen molar-refractivity contribution in [3.63, 3.8) is 0 Å². The Balaban J connectivity index is 1.92. The Morgan fingerprint density at radius 1 is 1.06 bits per heavy atom. The number of esters is 1. The van der Waals surface area contributed by atoms with Gasteiger partial charge in [0.2, 0.25) is 0 Å². The molecule has 1 fully saturated rings. The van der Waals surface area contributed by atoms with E-state index >= 15 is 0 Å². The summed E-state index contributed by atoms with van der Waals surface area (Å²) in [6.45, 7) is 16.4. The summed E-state index contributed by atoms with van der Waals surface area (Å²) < 4.78 is 11.8. The highest BCUT2D eigenvalue weighted by Gasteiger charge is 2.35. The average molecular weight is 461 g/mol. The van der Waals surface area contributed by atoms with Gasteiger partial charge in [-0.1, -0.05) is 97.4 Å². The highest BCUT2D eigenvalue weighted by Crippen LogP contribution is 2.45. The summed E-state index contributed by atoms with van der Waals surface area (Å²) in [6.07, 6.45) is 19.5. The molecule has 0 N–H and O–H groups in total. The number of rotatable bonds is 11. The van der Waals surface area contributed by atoms with Crippen molar-refractivity contribution in [2.45, 2.75) is 131 Å². The first-order valence-electron chi connectivity index (χ1n) is 13.7. The monoisotopic (exact) mass is 460 g/mol. The van der Waals surface area contributed by atoms with E-state index in [4.69, 9.17) is 9.47 Å². The van der Waals surface area contributed by atoms with Crippen LogP contribution in [0.4, 0.5) is 0 Å². The molecule has 0 bridgehead atoms. The Morgan fingerprint density at radius 3 is 2.39 bits per heavy atom. The van der Waals surface area contributed by atoms with Gasteiger partial charge in [-0.3, -0.25) is 0 Å². The van der Waals surface area contributed by atoms with Crippen LogP contribution in [-0.4, -0.2) is 24.8 Å². The molecule has 1 saturated carbocycles. The Hall–Kier alpha value is -1.09. The Morgan fingerprint density at radius 2 is 1.76 bits per heavy atom. The Labute approximate surface area is 204 Å². The van der Waals surface area contributed by atoms with Crippen LogP contribution in [-0.2, 0) is 14.3 Å². The standard InChI is InChI=1S/C30H52O3/c1-8-29(4,5)21-27(30(6,7)9-2)25-17-13-14-18-26(20-19-25)32-22-28(31)33-23(3)24-15-11-10-12-16-24/h14,17-18,23-24,26-27H,8-13,15-16,19-22H2,1-7H3. The first-order chi connectivity index (χ1) is 15.6. The van der Waals surface area contributed by atoms with Gasteiger partial charge in [-0.25, -0.2) is 4.79 Å². The van der Waals surface area contributed by atoms with Crippen molar-refractivity contribution in [1.82, 2.24) is 0 Å². The van der Waals surface area contributed by atoms with Crippen molar-refractivity contribution in [3.8, 4) is 0 Å². The van der Waals surface area contributed by atoms with Crippen LogP contribution in [0.5, 0.6) is 0 Å². The molecule has 3 atom stereocenters. The molecule has 2 aliphatic carbocycles. The first kappa shape index (κ1) is 28.1. The zero-order valence-electron chi connectivity index (χ0n) is 22.8. The predicted octanol–water partition coefficient (Wildman–Crippen LogP) is 8.43. The maximum absolute atomic E-state index is 12.4. The zero-order chi connectivity index (χ0) is 24.5. The van der Waals surface area contributed by atoms with E-state index in [-0.39, 0.29) is 30.2 Å². The second kappa shape index (κ2) is 13.1. The number of carbonyl (C=O) groups excluding carboxylic acids is 1. The van der Waals surface area contributed by atoms with Crippen LogP contribution in [0.25, 0.3) is 0 Å². The van der Waals surface area contributed by atoms with Gasteiger partial charge >= 0.3 is 5.97 Å². The summed E-state index contributed by atoms with van der Waals surface area (Å²) in [6, 6.07) is 0. The second-order valence-electron chi connectivity index (χ2n) is 12.0. The number of carbonyl (C=O) groups is 1. The molecule has 33 heavy (non-hydrogen) atoms. The smallest absolute Gasteiger partial charge is 0.332 e. The summed E-state index contributed by atoms with van der Waals surface area (Å²) >= 11 is 0. The summed E-state index contributed by atoms with van der Waals surface area (Å²) in [5.41, 5.74) is 2.19. The van der Waals surface area contributed by atoms with Crippen LogP contribution in [0.2, 0.25) is 0 Å². The third kappa shape index (κ3) is 9.23. The van der Waals surface area contributed by atoms with E-state index in [2.05, 4.69) is 59.8 Å². The van der Waals surface area contributed by atoms with Crippen LogP contribution in [0.3, 0.4) is 0 Å². The molecule has 0 aromatic rings. The first-order valence-corrected chi connectivity index (χ1v) is 13.7. The van der Waals surface area contributed by atoms with Crippen molar-refractivity contribution in [2.75, 3.05) is 6.61 Å². The lowest BCUT2D eigenvalue weighted by Crippen LogP contribution is -2.31. The maximum atomic E-state index is 12.4. The zero-order valence-corrected chi connectivity index (χ0v) is 22.8. The third-order valence-electron chi connectivity index (χ3n) is 8.65. The second-order valence-corrected chi connectivity index (χ2v) is 12.0. The fourth-order valence-electron chi connectivity index (χ4n) is 5.38. The van der Waals surface area contributed by atoms with Crippen molar-refractivity contribution in [3.05, 3.63) is 23.8 Å². The van der Waals surface area contributed by atoms with E-state index in [1.165, 1.54) is 51.4 Å². The molecule has 0 aromatic carbocycles. The Bertz CT molecular complexity index is 651. The van der Waals surface area contributed by atoms with Crippen LogP contribution < -0.4 is 0 Å². The van der Waals surface area contributed by atoms with Crippen molar-refractivity contribution in [2.24, 2.45) is 22.7 Å². The van der Waals surface area contributed by atoms with Gasteiger partial charge in [0.15, 0.2) is 0 Å². The van der Waals surface area contributed by atoms with Gasteiger partial charge < -0.3 is 9.47 Å². The molecular weight excluding hydrogens is 408 g/mol. The average Bonchev–Trinajstić information content (AvgIpc) is 2.78. The minimum Gasteiger partial charge on any atom is -0.461 e.